The van der Waals surface area contributed by atoms with Gasteiger partial charge in [0.05, 0.1) is 6.54 Å². The SMILES string of the molecule is CC1(C)CN(c2c(F)cccc2F)C(=O)CN1. The lowest BCUT2D eigenvalue weighted by Crippen LogP contribution is -2.60. The molecule has 0 radical (unpaired) electrons. The summed E-state index contributed by atoms with van der Waals surface area (Å²) in [6.07, 6.45) is 0. The summed E-state index contributed by atoms with van der Waals surface area (Å²) in [7, 11) is 0. The van der Waals surface area contributed by atoms with Crippen LogP contribution in [-0.2, 0) is 4.79 Å². The molecule has 1 heterocycles. The van der Waals surface area contributed by atoms with Crippen molar-refractivity contribution in [2.24, 2.45) is 0 Å². The summed E-state index contributed by atoms with van der Waals surface area (Å²) in [6, 6.07) is 3.59. The lowest BCUT2D eigenvalue weighted by Gasteiger charge is -2.38. The number of amides is 1. The van der Waals surface area contributed by atoms with Crippen molar-refractivity contribution in [3.8, 4) is 0 Å². The predicted octanol–water partition coefficient (Wildman–Crippen LogP) is 1.68. The molecule has 1 aromatic rings. The molecule has 0 bridgehead atoms. The van der Waals surface area contributed by atoms with Crippen LogP contribution in [-0.4, -0.2) is 24.5 Å². The molecule has 0 saturated carbocycles. The minimum atomic E-state index is -0.712. The van der Waals surface area contributed by atoms with Gasteiger partial charge in [-0.15, -0.1) is 0 Å². The number of rotatable bonds is 1. The summed E-state index contributed by atoms with van der Waals surface area (Å²) >= 11 is 0. The summed E-state index contributed by atoms with van der Waals surface area (Å²) in [5.74, 6) is -1.75. The molecule has 92 valence electrons. The molecule has 0 spiro atoms. The quantitative estimate of drug-likeness (QED) is 0.810. The van der Waals surface area contributed by atoms with Gasteiger partial charge in [-0.3, -0.25) is 4.79 Å². The molecule has 1 aromatic carbocycles. The number of hydrogen-bond acceptors (Lipinski definition) is 2. The Labute approximate surface area is 98.4 Å². The minimum Gasteiger partial charge on any atom is -0.304 e. The molecule has 0 unspecified atom stereocenters. The molecule has 0 aromatic heterocycles. The van der Waals surface area contributed by atoms with E-state index in [1.807, 2.05) is 13.8 Å². The molecule has 2 rings (SSSR count). The van der Waals surface area contributed by atoms with Crippen molar-refractivity contribution in [1.29, 1.82) is 0 Å². The van der Waals surface area contributed by atoms with Crippen molar-refractivity contribution >= 4 is 11.6 Å². The number of piperazine rings is 1. The van der Waals surface area contributed by atoms with Crippen molar-refractivity contribution < 1.29 is 13.6 Å². The van der Waals surface area contributed by atoms with E-state index in [1.54, 1.807) is 0 Å². The van der Waals surface area contributed by atoms with Crippen molar-refractivity contribution in [1.82, 2.24) is 5.32 Å². The van der Waals surface area contributed by atoms with Crippen molar-refractivity contribution in [3.05, 3.63) is 29.8 Å². The second-order valence-corrected chi connectivity index (χ2v) is 4.79. The van der Waals surface area contributed by atoms with Gasteiger partial charge in [0.15, 0.2) is 0 Å². The Bertz CT molecular complexity index is 440. The maximum atomic E-state index is 13.6. The van der Waals surface area contributed by atoms with Gasteiger partial charge >= 0.3 is 0 Å². The lowest BCUT2D eigenvalue weighted by molar-refractivity contribution is -0.119. The zero-order valence-corrected chi connectivity index (χ0v) is 9.76. The Kier molecular flexibility index (Phi) is 2.87. The number of anilines is 1. The van der Waals surface area contributed by atoms with Crippen LogP contribution in [0.4, 0.5) is 14.5 Å². The zero-order valence-electron chi connectivity index (χ0n) is 9.76. The fourth-order valence-electron chi connectivity index (χ4n) is 1.90. The van der Waals surface area contributed by atoms with Crippen molar-refractivity contribution in [2.75, 3.05) is 18.0 Å². The minimum absolute atomic E-state index is 0.0841. The van der Waals surface area contributed by atoms with Gasteiger partial charge in [-0.1, -0.05) is 6.07 Å². The van der Waals surface area contributed by atoms with E-state index in [-0.39, 0.29) is 30.2 Å². The number of hydrogen-bond donors (Lipinski definition) is 1. The van der Waals surface area contributed by atoms with E-state index in [4.69, 9.17) is 0 Å². The smallest absolute Gasteiger partial charge is 0.241 e. The Balaban J connectivity index is 2.41. The fraction of sp³-hybridized carbons (Fsp3) is 0.417. The van der Waals surface area contributed by atoms with Gasteiger partial charge < -0.3 is 10.2 Å². The number of nitrogens with one attached hydrogen (secondary N) is 1. The second kappa shape index (κ2) is 4.07. The van der Waals surface area contributed by atoms with Gasteiger partial charge in [-0.25, -0.2) is 8.78 Å². The van der Waals surface area contributed by atoms with Crippen molar-refractivity contribution in [2.45, 2.75) is 19.4 Å². The monoisotopic (exact) mass is 240 g/mol. The Morgan fingerprint density at radius 3 is 2.47 bits per heavy atom. The molecule has 0 atom stereocenters. The Hall–Kier alpha value is -1.49. The van der Waals surface area contributed by atoms with Gasteiger partial charge in [-0.2, -0.15) is 0 Å². The number of halogens is 2. The third-order valence-electron chi connectivity index (χ3n) is 2.78. The van der Waals surface area contributed by atoms with Crippen LogP contribution in [0, 0.1) is 11.6 Å². The fourth-order valence-corrected chi connectivity index (χ4v) is 1.90. The molecular formula is C12H14F2N2O. The van der Waals surface area contributed by atoms with Crippen LogP contribution >= 0.6 is 0 Å². The van der Waals surface area contributed by atoms with Crippen LogP contribution in [0.15, 0.2) is 18.2 Å². The van der Waals surface area contributed by atoms with Gasteiger partial charge in [0.1, 0.15) is 17.3 Å². The highest BCUT2D eigenvalue weighted by Crippen LogP contribution is 2.26. The number of benzene rings is 1. The molecule has 5 heteroatoms. The highest BCUT2D eigenvalue weighted by atomic mass is 19.1. The van der Waals surface area contributed by atoms with E-state index in [1.165, 1.54) is 11.0 Å². The third kappa shape index (κ3) is 2.29. The first kappa shape index (κ1) is 12.0. The molecule has 3 nitrogen and oxygen atoms in total. The first-order valence-corrected chi connectivity index (χ1v) is 5.40. The second-order valence-electron chi connectivity index (χ2n) is 4.79. The maximum absolute atomic E-state index is 13.6. The van der Waals surface area contributed by atoms with Crippen LogP contribution in [0.3, 0.4) is 0 Å². The summed E-state index contributed by atoms with van der Waals surface area (Å²) in [5.41, 5.74) is -0.616. The van der Waals surface area contributed by atoms with E-state index in [9.17, 15) is 13.6 Å². The predicted molar refractivity (Wildman–Crippen MR) is 60.8 cm³/mol. The Morgan fingerprint density at radius 2 is 1.88 bits per heavy atom. The van der Waals surface area contributed by atoms with Crippen LogP contribution in [0.2, 0.25) is 0 Å². The standard InChI is InChI=1S/C12H14F2N2O/c1-12(2)7-16(10(17)6-15-12)11-8(13)4-3-5-9(11)14/h3-5,15H,6-7H2,1-2H3. The third-order valence-corrected chi connectivity index (χ3v) is 2.78. The molecule has 17 heavy (non-hydrogen) atoms. The number of carbonyl (C=O) groups is 1. The highest BCUT2D eigenvalue weighted by molar-refractivity contribution is 5.96. The van der Waals surface area contributed by atoms with Crippen molar-refractivity contribution in [3.63, 3.8) is 0 Å². The van der Waals surface area contributed by atoms with Crippen LogP contribution in [0.25, 0.3) is 0 Å². The number of para-hydroxylation sites is 1. The van der Waals surface area contributed by atoms with Crippen LogP contribution in [0.1, 0.15) is 13.8 Å². The van der Waals surface area contributed by atoms with Crippen LogP contribution < -0.4 is 10.2 Å². The topological polar surface area (TPSA) is 32.3 Å². The summed E-state index contributed by atoms with van der Waals surface area (Å²) in [4.78, 5) is 12.9. The first-order valence-electron chi connectivity index (χ1n) is 5.40. The molecule has 1 aliphatic rings. The lowest BCUT2D eigenvalue weighted by atomic mass is 10.0. The number of carbonyl (C=O) groups excluding carboxylic acids is 1. The average Bonchev–Trinajstić information content (AvgIpc) is 2.23. The van der Waals surface area contributed by atoms with Gasteiger partial charge in [0.25, 0.3) is 0 Å². The van der Waals surface area contributed by atoms with E-state index in [2.05, 4.69) is 5.32 Å². The Morgan fingerprint density at radius 1 is 1.29 bits per heavy atom. The first-order chi connectivity index (χ1) is 7.91. The molecular weight excluding hydrogens is 226 g/mol. The average molecular weight is 240 g/mol. The van der Waals surface area contributed by atoms with E-state index in [0.717, 1.165) is 12.1 Å². The summed E-state index contributed by atoms with van der Waals surface area (Å²) < 4.78 is 27.2. The van der Waals surface area contributed by atoms with E-state index >= 15 is 0 Å². The normalized spacial score (nSPS) is 19.5. The van der Waals surface area contributed by atoms with Gasteiger partial charge in [0, 0.05) is 12.1 Å². The molecule has 1 saturated heterocycles. The van der Waals surface area contributed by atoms with Gasteiger partial charge in [0.2, 0.25) is 5.91 Å². The summed E-state index contributed by atoms with van der Waals surface area (Å²) in [6.45, 7) is 4.08. The molecule has 1 fully saturated rings. The maximum Gasteiger partial charge on any atom is 0.241 e. The highest BCUT2D eigenvalue weighted by Gasteiger charge is 2.33. The summed E-state index contributed by atoms with van der Waals surface area (Å²) in [5, 5.41) is 3.01. The van der Waals surface area contributed by atoms with E-state index < -0.39 is 11.6 Å². The number of nitrogens with zero attached hydrogens (tertiary/aromatic N) is 1. The molecule has 1 amide bonds. The molecule has 1 N–H and O–H groups in total. The molecule has 0 aliphatic carbocycles. The zero-order chi connectivity index (χ0) is 12.6. The largest absolute Gasteiger partial charge is 0.304 e. The van der Waals surface area contributed by atoms with Crippen LogP contribution in [0.5, 0.6) is 0 Å². The van der Waals surface area contributed by atoms with Gasteiger partial charge in [-0.05, 0) is 26.0 Å². The molecule has 1 aliphatic heterocycles. The van der Waals surface area contributed by atoms with E-state index in [0.29, 0.717) is 0 Å².